The number of ether oxygens (including phenoxy) is 1. The van der Waals surface area contributed by atoms with Gasteiger partial charge in [-0.2, -0.15) is 4.31 Å². The number of amides is 1. The van der Waals surface area contributed by atoms with Crippen molar-refractivity contribution in [2.24, 2.45) is 0 Å². The van der Waals surface area contributed by atoms with Crippen LogP contribution in [-0.2, 0) is 21.4 Å². The molecule has 0 saturated carbocycles. The van der Waals surface area contributed by atoms with Gasteiger partial charge in [-0.25, -0.2) is 8.42 Å². The largest absolute Gasteiger partial charge is 0.493 e. The molecule has 0 atom stereocenters. The zero-order valence-electron chi connectivity index (χ0n) is 17.3. The van der Waals surface area contributed by atoms with E-state index in [2.05, 4.69) is 5.32 Å². The summed E-state index contributed by atoms with van der Waals surface area (Å²) in [5, 5.41) is 2.86. The number of rotatable bonds is 11. The van der Waals surface area contributed by atoms with Crippen LogP contribution in [0.2, 0.25) is 0 Å². The molecule has 1 amide bonds. The molecule has 0 aliphatic heterocycles. The topological polar surface area (TPSA) is 75.7 Å². The third-order valence-corrected chi connectivity index (χ3v) is 6.72. The summed E-state index contributed by atoms with van der Waals surface area (Å²) in [4.78, 5) is 12.3. The van der Waals surface area contributed by atoms with Crippen LogP contribution in [0, 0.1) is 6.92 Å². The quantitative estimate of drug-likeness (QED) is 0.567. The lowest BCUT2D eigenvalue weighted by atomic mass is 10.2. The molecule has 1 N–H and O–H groups in total. The highest BCUT2D eigenvalue weighted by molar-refractivity contribution is 7.89. The molecule has 0 fully saturated rings. The molecule has 0 aromatic heterocycles. The minimum atomic E-state index is -3.46. The summed E-state index contributed by atoms with van der Waals surface area (Å²) in [7, 11) is -3.46. The van der Waals surface area contributed by atoms with Crippen LogP contribution in [0.3, 0.4) is 0 Å². The molecule has 0 radical (unpaired) electrons. The number of hydrogen-bond acceptors (Lipinski definition) is 4. The van der Waals surface area contributed by atoms with E-state index in [-0.39, 0.29) is 10.8 Å². The third-order valence-electron chi connectivity index (χ3n) is 4.66. The Hall–Kier alpha value is -2.38. The van der Waals surface area contributed by atoms with Crippen LogP contribution >= 0.6 is 0 Å². The van der Waals surface area contributed by atoms with Crippen molar-refractivity contribution in [2.45, 2.75) is 45.1 Å². The maximum Gasteiger partial charge on any atom is 0.243 e. The number of carbonyl (C=O) groups excluding carboxylic acids is 1. The van der Waals surface area contributed by atoms with Crippen LogP contribution in [0.25, 0.3) is 0 Å². The summed E-state index contributed by atoms with van der Waals surface area (Å²) in [6.45, 7) is 7.34. The number of aryl methyl sites for hydroxylation is 1. The molecular formula is C22H30N2O4S. The lowest BCUT2D eigenvalue weighted by Gasteiger charge is -2.18. The second-order valence-electron chi connectivity index (χ2n) is 6.73. The summed E-state index contributed by atoms with van der Waals surface area (Å²) in [6.07, 6.45) is 1.00. The molecule has 0 bridgehead atoms. The van der Waals surface area contributed by atoms with E-state index in [1.807, 2.05) is 45.0 Å². The Morgan fingerprint density at radius 3 is 2.31 bits per heavy atom. The lowest BCUT2D eigenvalue weighted by molar-refractivity contribution is -0.121. The molecule has 2 aromatic rings. The molecule has 0 saturated heterocycles. The summed E-state index contributed by atoms with van der Waals surface area (Å²) in [5.74, 6) is 0.783. The van der Waals surface area contributed by atoms with Gasteiger partial charge in [-0.1, -0.05) is 44.2 Å². The fourth-order valence-corrected chi connectivity index (χ4v) is 4.37. The zero-order chi connectivity index (χ0) is 21.3. The van der Waals surface area contributed by atoms with Gasteiger partial charge < -0.3 is 10.1 Å². The van der Waals surface area contributed by atoms with Crippen molar-refractivity contribution in [3.8, 4) is 5.75 Å². The third kappa shape index (κ3) is 6.58. The Morgan fingerprint density at radius 2 is 1.69 bits per heavy atom. The monoisotopic (exact) mass is 418 g/mol. The molecule has 158 valence electrons. The number of sulfonamides is 1. The molecule has 2 aromatic carbocycles. The summed E-state index contributed by atoms with van der Waals surface area (Å²) in [6, 6.07) is 14.4. The van der Waals surface area contributed by atoms with Gasteiger partial charge in [0.2, 0.25) is 15.9 Å². The van der Waals surface area contributed by atoms with E-state index in [0.717, 1.165) is 16.9 Å². The first-order valence-electron chi connectivity index (χ1n) is 9.92. The minimum Gasteiger partial charge on any atom is -0.493 e. The first-order valence-corrected chi connectivity index (χ1v) is 11.4. The van der Waals surface area contributed by atoms with Crippen LogP contribution < -0.4 is 10.1 Å². The van der Waals surface area contributed by atoms with E-state index in [0.29, 0.717) is 39.1 Å². The maximum atomic E-state index is 12.5. The van der Waals surface area contributed by atoms with Crippen molar-refractivity contribution in [1.29, 1.82) is 0 Å². The number of benzene rings is 2. The minimum absolute atomic E-state index is 0.0572. The SMILES string of the molecule is CCN(CC)S(=O)(=O)c1ccc(CNC(=O)CCCOc2ccccc2C)cc1. The van der Waals surface area contributed by atoms with Gasteiger partial charge in [-0.05, 0) is 42.7 Å². The van der Waals surface area contributed by atoms with Gasteiger partial charge in [0, 0.05) is 26.1 Å². The average molecular weight is 419 g/mol. The van der Waals surface area contributed by atoms with Crippen LogP contribution in [0.15, 0.2) is 53.4 Å². The van der Waals surface area contributed by atoms with E-state index in [1.165, 1.54) is 4.31 Å². The standard InChI is InChI=1S/C22H30N2O4S/c1-4-24(5-2)29(26,27)20-14-12-19(13-15-20)17-23-22(25)11-8-16-28-21-10-7-6-9-18(21)3/h6-7,9-10,12-15H,4-5,8,11,16-17H2,1-3H3,(H,23,25). The number of nitrogens with one attached hydrogen (secondary N) is 1. The van der Waals surface area contributed by atoms with E-state index in [9.17, 15) is 13.2 Å². The number of carbonyl (C=O) groups is 1. The van der Waals surface area contributed by atoms with Crippen LogP contribution in [0.4, 0.5) is 0 Å². The molecule has 0 aliphatic rings. The predicted octanol–water partition coefficient (Wildman–Crippen LogP) is 3.50. The number of hydrogen-bond donors (Lipinski definition) is 1. The van der Waals surface area contributed by atoms with E-state index in [1.54, 1.807) is 24.3 Å². The lowest BCUT2D eigenvalue weighted by Crippen LogP contribution is -2.30. The highest BCUT2D eigenvalue weighted by atomic mass is 32.2. The second-order valence-corrected chi connectivity index (χ2v) is 8.67. The van der Waals surface area contributed by atoms with E-state index in [4.69, 9.17) is 4.74 Å². The molecule has 6 nitrogen and oxygen atoms in total. The van der Waals surface area contributed by atoms with Crippen LogP contribution in [0.5, 0.6) is 5.75 Å². The van der Waals surface area contributed by atoms with Gasteiger partial charge >= 0.3 is 0 Å². The molecule has 0 aliphatic carbocycles. The fraction of sp³-hybridized carbons (Fsp3) is 0.409. The Kier molecular flexibility index (Phi) is 8.67. The number of para-hydroxylation sites is 1. The second kappa shape index (κ2) is 11.0. The van der Waals surface area contributed by atoms with Crippen LogP contribution in [-0.4, -0.2) is 38.3 Å². The Balaban J connectivity index is 1.76. The smallest absolute Gasteiger partial charge is 0.243 e. The average Bonchev–Trinajstić information content (AvgIpc) is 2.72. The molecule has 0 unspecified atom stereocenters. The predicted molar refractivity (Wildman–Crippen MR) is 114 cm³/mol. The highest BCUT2D eigenvalue weighted by Gasteiger charge is 2.21. The van der Waals surface area contributed by atoms with Crippen molar-refractivity contribution >= 4 is 15.9 Å². The van der Waals surface area contributed by atoms with Gasteiger partial charge in [-0.15, -0.1) is 0 Å². The molecule has 29 heavy (non-hydrogen) atoms. The van der Waals surface area contributed by atoms with Gasteiger partial charge in [0.1, 0.15) is 5.75 Å². The molecule has 0 spiro atoms. The van der Waals surface area contributed by atoms with Crippen LogP contribution in [0.1, 0.15) is 37.8 Å². The van der Waals surface area contributed by atoms with E-state index >= 15 is 0 Å². The van der Waals surface area contributed by atoms with Crippen molar-refractivity contribution in [3.05, 3.63) is 59.7 Å². The maximum absolute atomic E-state index is 12.5. The van der Waals surface area contributed by atoms with E-state index < -0.39 is 10.0 Å². The Morgan fingerprint density at radius 1 is 1.03 bits per heavy atom. The highest BCUT2D eigenvalue weighted by Crippen LogP contribution is 2.17. The number of nitrogens with zero attached hydrogens (tertiary/aromatic N) is 1. The molecule has 7 heteroatoms. The van der Waals surface area contributed by atoms with Crippen molar-refractivity contribution in [2.75, 3.05) is 19.7 Å². The fourth-order valence-electron chi connectivity index (χ4n) is 2.91. The molecular weight excluding hydrogens is 388 g/mol. The van der Waals surface area contributed by atoms with Gasteiger partial charge in [0.05, 0.1) is 11.5 Å². The first kappa shape index (κ1) is 22.9. The van der Waals surface area contributed by atoms with Gasteiger partial charge in [-0.3, -0.25) is 4.79 Å². The van der Waals surface area contributed by atoms with Gasteiger partial charge in [0.25, 0.3) is 0 Å². The first-order chi connectivity index (χ1) is 13.9. The summed E-state index contributed by atoms with van der Waals surface area (Å²) in [5.41, 5.74) is 1.93. The Labute approximate surface area is 173 Å². The Bertz CT molecular complexity index is 891. The molecule has 2 rings (SSSR count). The van der Waals surface area contributed by atoms with Crippen molar-refractivity contribution < 1.29 is 17.9 Å². The van der Waals surface area contributed by atoms with Crippen molar-refractivity contribution in [3.63, 3.8) is 0 Å². The van der Waals surface area contributed by atoms with Gasteiger partial charge in [0.15, 0.2) is 0 Å². The zero-order valence-corrected chi connectivity index (χ0v) is 18.2. The normalized spacial score (nSPS) is 11.4. The molecule has 0 heterocycles. The van der Waals surface area contributed by atoms with Crippen molar-refractivity contribution in [1.82, 2.24) is 9.62 Å². The summed E-state index contributed by atoms with van der Waals surface area (Å²) < 4.78 is 32.1. The summed E-state index contributed by atoms with van der Waals surface area (Å²) >= 11 is 0.